The average Bonchev–Trinajstić information content (AvgIpc) is 2.89. The van der Waals surface area contributed by atoms with Gasteiger partial charge in [-0.15, -0.1) is 65.7 Å². The summed E-state index contributed by atoms with van der Waals surface area (Å²) in [6.07, 6.45) is 2.94. The van der Waals surface area contributed by atoms with Crippen molar-refractivity contribution in [2.24, 2.45) is 5.92 Å². The second kappa shape index (κ2) is 11.4. The van der Waals surface area contributed by atoms with Crippen LogP contribution in [0.2, 0.25) is 0 Å². The van der Waals surface area contributed by atoms with E-state index >= 15 is 0 Å². The van der Waals surface area contributed by atoms with E-state index in [0.717, 1.165) is 51.3 Å². The molecule has 0 fully saturated rings. The Morgan fingerprint density at radius 3 is 2.20 bits per heavy atom. The average molecular weight is 634 g/mol. The molecule has 0 bridgehead atoms. The van der Waals surface area contributed by atoms with E-state index in [1.807, 2.05) is 36.5 Å². The molecule has 0 aliphatic rings. The minimum atomic E-state index is 0. The molecule has 0 atom stereocenters. The van der Waals surface area contributed by atoms with Crippen molar-refractivity contribution in [3.8, 4) is 44.9 Å². The molecule has 0 unspecified atom stereocenters. The number of hydrogen-bond acceptors (Lipinski definition) is 2. The Labute approximate surface area is 222 Å². The van der Waals surface area contributed by atoms with Gasteiger partial charge in [-0.05, 0) is 35.7 Å². The monoisotopic (exact) mass is 633 g/mol. The number of aromatic nitrogens is 2. The van der Waals surface area contributed by atoms with Crippen molar-refractivity contribution in [2.45, 2.75) is 20.3 Å². The summed E-state index contributed by atoms with van der Waals surface area (Å²) in [4.78, 5) is 9.59. The van der Waals surface area contributed by atoms with Crippen molar-refractivity contribution in [1.29, 1.82) is 0 Å². The summed E-state index contributed by atoms with van der Waals surface area (Å²) >= 11 is 0. The van der Waals surface area contributed by atoms with Crippen LogP contribution in [0.5, 0.6) is 0 Å². The largest absolute Gasteiger partial charge is 2.00 e. The molecule has 3 heteroatoms. The molecule has 0 spiro atoms. The summed E-state index contributed by atoms with van der Waals surface area (Å²) in [5.41, 5.74) is 9.30. The molecule has 5 rings (SSSR count). The van der Waals surface area contributed by atoms with Gasteiger partial charge in [-0.25, -0.2) is 0 Å². The third kappa shape index (κ3) is 5.84. The number of pyridine rings is 2. The van der Waals surface area contributed by atoms with Crippen molar-refractivity contribution in [2.75, 3.05) is 0 Å². The molecule has 0 N–H and O–H groups in total. The maximum atomic E-state index is 4.96. The van der Waals surface area contributed by atoms with E-state index in [2.05, 4.69) is 97.7 Å². The molecule has 2 heterocycles. The van der Waals surface area contributed by atoms with Gasteiger partial charge in [-0.3, -0.25) is 9.97 Å². The zero-order chi connectivity index (χ0) is 23.3. The van der Waals surface area contributed by atoms with Crippen LogP contribution in [-0.4, -0.2) is 9.97 Å². The van der Waals surface area contributed by atoms with Gasteiger partial charge in [0.25, 0.3) is 0 Å². The maximum Gasteiger partial charge on any atom is 2.00 e. The van der Waals surface area contributed by atoms with Gasteiger partial charge >= 0.3 is 21.1 Å². The molecule has 35 heavy (non-hydrogen) atoms. The molecule has 0 saturated heterocycles. The predicted molar refractivity (Wildman–Crippen MR) is 140 cm³/mol. The van der Waals surface area contributed by atoms with E-state index in [1.54, 1.807) is 0 Å². The minimum Gasteiger partial charge on any atom is -0.297 e. The van der Waals surface area contributed by atoms with Gasteiger partial charge in [-0.1, -0.05) is 73.0 Å². The molecule has 0 radical (unpaired) electrons. The Hall–Kier alpha value is -3.35. The second-order valence-electron chi connectivity index (χ2n) is 8.86. The van der Waals surface area contributed by atoms with Crippen molar-refractivity contribution in [1.82, 2.24) is 9.97 Å². The van der Waals surface area contributed by atoms with E-state index in [-0.39, 0.29) is 21.1 Å². The first-order valence-corrected chi connectivity index (χ1v) is 11.7. The molecular weight excluding hydrogens is 607 g/mol. The van der Waals surface area contributed by atoms with Crippen molar-refractivity contribution in [3.63, 3.8) is 0 Å². The van der Waals surface area contributed by atoms with Crippen LogP contribution in [0.25, 0.3) is 44.9 Å². The molecule has 0 aliphatic heterocycles. The Bertz CT molecular complexity index is 1410. The van der Waals surface area contributed by atoms with E-state index in [0.29, 0.717) is 5.92 Å². The first kappa shape index (κ1) is 24.8. The van der Waals surface area contributed by atoms with Gasteiger partial charge in [0.2, 0.25) is 0 Å². The zero-order valence-electron chi connectivity index (χ0n) is 19.8. The molecular formula is C32H26N2Pt. The predicted octanol–water partition coefficient (Wildman–Crippen LogP) is 7.94. The van der Waals surface area contributed by atoms with Crippen molar-refractivity contribution >= 4 is 0 Å². The van der Waals surface area contributed by atoms with Gasteiger partial charge in [-0.2, -0.15) is 0 Å². The second-order valence-corrected chi connectivity index (χ2v) is 8.86. The number of benzene rings is 3. The topological polar surface area (TPSA) is 25.8 Å². The number of hydrogen-bond donors (Lipinski definition) is 0. The number of nitrogens with zero attached hydrogens (tertiary/aromatic N) is 2. The summed E-state index contributed by atoms with van der Waals surface area (Å²) in [6, 6.07) is 39.9. The van der Waals surface area contributed by atoms with Gasteiger partial charge in [0.05, 0.1) is 5.69 Å². The molecule has 3 aromatic carbocycles. The SMILES string of the molecule is CC(C)Cc1ccnc(-c2[c-]c(-c3ccccc3-c3cccc(-c4[c-]cccc4)n3)ccc2)c1.[Pt+2]. The van der Waals surface area contributed by atoms with E-state index < -0.39 is 0 Å². The van der Waals surface area contributed by atoms with Gasteiger partial charge in [0.15, 0.2) is 0 Å². The maximum absolute atomic E-state index is 4.96. The Balaban J connectivity index is 0.00000289. The van der Waals surface area contributed by atoms with Crippen LogP contribution in [0.1, 0.15) is 19.4 Å². The fraction of sp³-hybridized carbons (Fsp3) is 0.125. The summed E-state index contributed by atoms with van der Waals surface area (Å²) in [7, 11) is 0. The first-order chi connectivity index (χ1) is 16.7. The fourth-order valence-corrected chi connectivity index (χ4v) is 4.22. The first-order valence-electron chi connectivity index (χ1n) is 11.7. The number of rotatable bonds is 6. The van der Waals surface area contributed by atoms with E-state index in [9.17, 15) is 0 Å². The Kier molecular flexibility index (Phi) is 8.05. The van der Waals surface area contributed by atoms with Crippen LogP contribution in [0.4, 0.5) is 0 Å². The Morgan fingerprint density at radius 2 is 1.40 bits per heavy atom. The van der Waals surface area contributed by atoms with Gasteiger partial charge in [0, 0.05) is 11.9 Å². The molecule has 2 nitrogen and oxygen atoms in total. The van der Waals surface area contributed by atoms with Crippen molar-refractivity contribution in [3.05, 3.63) is 121 Å². The van der Waals surface area contributed by atoms with Crippen LogP contribution in [0.3, 0.4) is 0 Å². The van der Waals surface area contributed by atoms with Crippen LogP contribution in [0.15, 0.2) is 103 Å². The molecule has 5 aromatic rings. The van der Waals surface area contributed by atoms with Crippen LogP contribution in [0, 0.1) is 18.1 Å². The standard InChI is InChI=1S/C32H26N2.Pt/c1-23(2)20-24-18-19-33-32(21-24)27-13-8-12-26(22-27)28-14-6-7-15-29(28)31-17-9-16-30(34-31)25-10-4-3-5-11-25;/h3-10,12-19,21,23H,20H2,1-2H3;/q-2;+2. The van der Waals surface area contributed by atoms with Crippen LogP contribution < -0.4 is 0 Å². The third-order valence-corrected chi connectivity index (χ3v) is 5.77. The van der Waals surface area contributed by atoms with Gasteiger partial charge < -0.3 is 0 Å². The zero-order valence-corrected chi connectivity index (χ0v) is 22.1. The minimum absolute atomic E-state index is 0. The molecule has 2 aromatic heterocycles. The smallest absolute Gasteiger partial charge is 0.297 e. The summed E-state index contributed by atoms with van der Waals surface area (Å²) in [6.45, 7) is 4.48. The van der Waals surface area contributed by atoms with Crippen molar-refractivity contribution < 1.29 is 21.1 Å². The Morgan fingerprint density at radius 1 is 0.686 bits per heavy atom. The molecule has 0 aliphatic carbocycles. The summed E-state index contributed by atoms with van der Waals surface area (Å²) < 4.78 is 0. The quantitative estimate of drug-likeness (QED) is 0.178. The summed E-state index contributed by atoms with van der Waals surface area (Å²) in [5.74, 6) is 0.606. The van der Waals surface area contributed by atoms with Crippen LogP contribution >= 0.6 is 0 Å². The van der Waals surface area contributed by atoms with E-state index in [4.69, 9.17) is 4.98 Å². The molecule has 174 valence electrons. The van der Waals surface area contributed by atoms with E-state index in [1.165, 1.54) is 5.56 Å². The van der Waals surface area contributed by atoms with Crippen LogP contribution in [-0.2, 0) is 27.5 Å². The van der Waals surface area contributed by atoms with Gasteiger partial charge in [0.1, 0.15) is 0 Å². The summed E-state index contributed by atoms with van der Waals surface area (Å²) in [5, 5.41) is 0. The fourth-order valence-electron chi connectivity index (χ4n) is 4.22. The third-order valence-electron chi connectivity index (χ3n) is 5.77. The molecule has 0 amide bonds. The molecule has 0 saturated carbocycles. The normalized spacial score (nSPS) is 10.7.